The number of carbonyl (C=O) groups is 1. The van der Waals surface area contributed by atoms with Crippen molar-refractivity contribution < 1.29 is 9.72 Å². The highest BCUT2D eigenvalue weighted by Crippen LogP contribution is 2.24. The molecule has 7 nitrogen and oxygen atoms in total. The molecule has 0 unspecified atom stereocenters. The van der Waals surface area contributed by atoms with Crippen LogP contribution in [0.2, 0.25) is 0 Å². The van der Waals surface area contributed by atoms with E-state index in [0.29, 0.717) is 22.6 Å². The summed E-state index contributed by atoms with van der Waals surface area (Å²) in [5.74, 6) is 0.150. The van der Waals surface area contributed by atoms with Crippen molar-refractivity contribution in [1.82, 2.24) is 9.55 Å². The van der Waals surface area contributed by atoms with Crippen molar-refractivity contribution in [2.24, 2.45) is 0 Å². The van der Waals surface area contributed by atoms with Crippen LogP contribution in [0, 0.1) is 10.1 Å². The Kier molecular flexibility index (Phi) is 4.47. The van der Waals surface area contributed by atoms with Crippen LogP contribution >= 0.6 is 0 Å². The van der Waals surface area contributed by atoms with E-state index < -0.39 is 4.92 Å². The van der Waals surface area contributed by atoms with E-state index >= 15 is 0 Å². The minimum atomic E-state index is -0.469. The number of anilines is 1. The number of rotatable bonds is 5. The van der Waals surface area contributed by atoms with Crippen LogP contribution in [0.15, 0.2) is 48.8 Å². The van der Waals surface area contributed by atoms with E-state index in [0.717, 1.165) is 0 Å². The summed E-state index contributed by atoms with van der Waals surface area (Å²) in [6, 6.07) is 12.3. The second-order valence-electron chi connectivity index (χ2n) is 6.10. The molecule has 0 aliphatic heterocycles. The molecule has 25 heavy (non-hydrogen) atoms. The number of nitro benzene ring substituents is 1. The molecule has 1 N–H and O–H groups in total. The quantitative estimate of drug-likeness (QED) is 0.567. The molecule has 3 aromatic rings. The second kappa shape index (κ2) is 6.72. The maximum atomic E-state index is 12.3. The second-order valence-corrected chi connectivity index (χ2v) is 6.10. The zero-order valence-electron chi connectivity index (χ0n) is 14.0. The fourth-order valence-electron chi connectivity index (χ4n) is 2.68. The van der Waals surface area contributed by atoms with Crippen molar-refractivity contribution in [3.63, 3.8) is 0 Å². The molecule has 0 saturated carbocycles. The van der Waals surface area contributed by atoms with E-state index in [1.165, 1.54) is 22.5 Å². The van der Waals surface area contributed by atoms with Crippen molar-refractivity contribution in [1.29, 1.82) is 0 Å². The van der Waals surface area contributed by atoms with Gasteiger partial charge in [-0.15, -0.1) is 0 Å². The lowest BCUT2D eigenvalue weighted by atomic mass is 10.0. The average molecular weight is 338 g/mol. The number of hydrogen-bond acceptors (Lipinski definition) is 4. The van der Waals surface area contributed by atoms with Gasteiger partial charge in [0, 0.05) is 11.8 Å². The summed E-state index contributed by atoms with van der Waals surface area (Å²) < 4.78 is 1.49. The molecule has 0 spiro atoms. The number of fused-ring (bicyclic) bond motifs is 1. The first-order valence-corrected chi connectivity index (χ1v) is 7.94. The number of hydrogen-bond donors (Lipinski definition) is 1. The van der Waals surface area contributed by atoms with E-state index in [9.17, 15) is 14.9 Å². The molecule has 0 atom stereocenters. The largest absolute Gasteiger partial charge is 0.325 e. The van der Waals surface area contributed by atoms with Gasteiger partial charge in [0.1, 0.15) is 12.1 Å². The first-order chi connectivity index (χ1) is 12.0. The Morgan fingerprint density at radius 1 is 1.24 bits per heavy atom. The van der Waals surface area contributed by atoms with Gasteiger partial charge in [0.25, 0.3) is 5.69 Å². The Morgan fingerprint density at radius 3 is 2.60 bits per heavy atom. The minimum absolute atomic E-state index is 0.0483. The van der Waals surface area contributed by atoms with Crippen LogP contribution in [0.25, 0.3) is 11.0 Å². The number of non-ortho nitro benzene ring substituents is 1. The Hall–Kier alpha value is -3.22. The van der Waals surface area contributed by atoms with Crippen LogP contribution in [-0.4, -0.2) is 20.4 Å². The number of amides is 1. The van der Waals surface area contributed by atoms with Gasteiger partial charge >= 0.3 is 0 Å². The van der Waals surface area contributed by atoms with E-state index in [2.05, 4.69) is 24.1 Å². The number of para-hydroxylation sites is 1. The van der Waals surface area contributed by atoms with Crippen molar-refractivity contribution >= 4 is 28.3 Å². The molecule has 1 aromatic heterocycles. The van der Waals surface area contributed by atoms with E-state index in [1.807, 2.05) is 24.3 Å². The van der Waals surface area contributed by atoms with Gasteiger partial charge in [0.2, 0.25) is 5.91 Å². The van der Waals surface area contributed by atoms with Gasteiger partial charge < -0.3 is 9.88 Å². The summed E-state index contributed by atoms with van der Waals surface area (Å²) in [6.45, 7) is 4.16. The molecule has 3 rings (SSSR count). The van der Waals surface area contributed by atoms with E-state index in [-0.39, 0.29) is 18.1 Å². The van der Waals surface area contributed by atoms with Gasteiger partial charge in [0.15, 0.2) is 0 Å². The smallest absolute Gasteiger partial charge is 0.295 e. The van der Waals surface area contributed by atoms with Crippen LogP contribution < -0.4 is 5.32 Å². The number of nitrogens with one attached hydrogen (secondary N) is 1. The fourth-order valence-corrected chi connectivity index (χ4v) is 2.68. The lowest BCUT2D eigenvalue weighted by molar-refractivity contribution is -0.383. The minimum Gasteiger partial charge on any atom is -0.325 e. The molecule has 0 radical (unpaired) electrons. The number of imidazole rings is 1. The standard InChI is InChI=1S/C18H18N4O3/c1-12(2)13-6-8-14(9-7-13)20-17(23)10-21-11-19-15-4-3-5-16(18(15)21)22(24)25/h3-9,11-12H,10H2,1-2H3,(H,20,23). The molecule has 0 bridgehead atoms. The molecule has 0 aliphatic rings. The maximum absolute atomic E-state index is 12.3. The average Bonchev–Trinajstić information content (AvgIpc) is 2.98. The first-order valence-electron chi connectivity index (χ1n) is 7.94. The monoisotopic (exact) mass is 338 g/mol. The van der Waals surface area contributed by atoms with Gasteiger partial charge in [-0.25, -0.2) is 4.98 Å². The van der Waals surface area contributed by atoms with Crippen LogP contribution in [0.3, 0.4) is 0 Å². The maximum Gasteiger partial charge on any atom is 0.295 e. The summed E-state index contributed by atoms with van der Waals surface area (Å²) >= 11 is 0. The zero-order valence-corrected chi connectivity index (χ0v) is 14.0. The number of nitro groups is 1. The topological polar surface area (TPSA) is 90.1 Å². The van der Waals surface area contributed by atoms with Crippen LogP contribution in [-0.2, 0) is 11.3 Å². The van der Waals surface area contributed by atoms with Crippen LogP contribution in [0.1, 0.15) is 25.3 Å². The Bertz CT molecular complexity index is 929. The van der Waals surface area contributed by atoms with Crippen molar-refractivity contribution in [3.05, 3.63) is 64.5 Å². The summed E-state index contributed by atoms with van der Waals surface area (Å²) in [5, 5.41) is 14.0. The summed E-state index contributed by atoms with van der Waals surface area (Å²) in [4.78, 5) is 27.1. The molecule has 128 valence electrons. The number of carbonyl (C=O) groups excluding carboxylic acids is 1. The van der Waals surface area contributed by atoms with Gasteiger partial charge in [-0.3, -0.25) is 14.9 Å². The third-order valence-electron chi connectivity index (χ3n) is 3.99. The number of aromatic nitrogens is 2. The predicted molar refractivity (Wildman–Crippen MR) is 95.5 cm³/mol. The third kappa shape index (κ3) is 3.50. The first kappa shape index (κ1) is 16.6. The van der Waals surface area contributed by atoms with E-state index in [4.69, 9.17) is 0 Å². The van der Waals surface area contributed by atoms with Crippen molar-refractivity contribution in [3.8, 4) is 0 Å². The summed E-state index contributed by atoms with van der Waals surface area (Å²) in [7, 11) is 0. The van der Waals surface area contributed by atoms with E-state index in [1.54, 1.807) is 12.1 Å². The lowest BCUT2D eigenvalue weighted by Crippen LogP contribution is -2.18. The van der Waals surface area contributed by atoms with Gasteiger partial charge in [-0.1, -0.05) is 32.0 Å². The lowest BCUT2D eigenvalue weighted by Gasteiger charge is -2.09. The normalized spacial score (nSPS) is 11.0. The van der Waals surface area contributed by atoms with Crippen molar-refractivity contribution in [2.75, 3.05) is 5.32 Å². The Labute approximate surface area is 144 Å². The molecule has 0 saturated heterocycles. The zero-order chi connectivity index (χ0) is 18.0. The summed E-state index contributed by atoms with van der Waals surface area (Å²) in [5.41, 5.74) is 2.65. The van der Waals surface area contributed by atoms with Gasteiger partial charge in [-0.2, -0.15) is 0 Å². The molecule has 1 amide bonds. The fraction of sp³-hybridized carbons (Fsp3) is 0.222. The Morgan fingerprint density at radius 2 is 1.96 bits per heavy atom. The van der Waals surface area contributed by atoms with Crippen LogP contribution in [0.4, 0.5) is 11.4 Å². The third-order valence-corrected chi connectivity index (χ3v) is 3.99. The van der Waals surface area contributed by atoms with Crippen LogP contribution in [0.5, 0.6) is 0 Å². The molecular weight excluding hydrogens is 320 g/mol. The molecule has 7 heteroatoms. The highest BCUT2D eigenvalue weighted by molar-refractivity contribution is 5.92. The summed E-state index contributed by atoms with van der Waals surface area (Å²) in [6.07, 6.45) is 1.44. The number of benzene rings is 2. The highest BCUT2D eigenvalue weighted by atomic mass is 16.6. The molecule has 1 heterocycles. The molecular formula is C18H18N4O3. The molecule has 2 aromatic carbocycles. The number of nitrogens with zero attached hydrogens (tertiary/aromatic N) is 3. The van der Waals surface area contributed by atoms with Crippen molar-refractivity contribution in [2.45, 2.75) is 26.3 Å². The SMILES string of the molecule is CC(C)c1ccc(NC(=O)Cn2cnc3cccc([N+](=O)[O-])c32)cc1. The Balaban J connectivity index is 1.79. The molecule has 0 fully saturated rings. The highest BCUT2D eigenvalue weighted by Gasteiger charge is 2.17. The van der Waals surface area contributed by atoms with Gasteiger partial charge in [0.05, 0.1) is 16.8 Å². The molecule has 0 aliphatic carbocycles. The predicted octanol–water partition coefficient (Wildman–Crippen LogP) is 3.71. The van der Waals surface area contributed by atoms with Gasteiger partial charge in [-0.05, 0) is 29.7 Å².